The maximum absolute atomic E-state index is 4.09. The fourth-order valence-electron chi connectivity index (χ4n) is 2.22. The van der Waals surface area contributed by atoms with Crippen molar-refractivity contribution >= 4 is 15.9 Å². The molecule has 0 aliphatic heterocycles. The van der Waals surface area contributed by atoms with Crippen LogP contribution < -0.4 is 5.32 Å². The summed E-state index contributed by atoms with van der Waals surface area (Å²) in [5, 5.41) is 11.8. The van der Waals surface area contributed by atoms with E-state index in [4.69, 9.17) is 0 Å². The summed E-state index contributed by atoms with van der Waals surface area (Å²) in [7, 11) is 1.95. The fourth-order valence-corrected chi connectivity index (χ4v) is 2.79. The molecule has 0 aliphatic carbocycles. The van der Waals surface area contributed by atoms with Gasteiger partial charge in [0.25, 0.3) is 0 Å². The second kappa shape index (κ2) is 7.11. The highest BCUT2D eigenvalue weighted by atomic mass is 79.9. The number of rotatable bonds is 7. The minimum Gasteiger partial charge on any atom is -0.308 e. The molecule has 0 saturated heterocycles. The lowest BCUT2D eigenvalue weighted by molar-refractivity contribution is 0.326. The van der Waals surface area contributed by atoms with E-state index in [2.05, 4.69) is 52.3 Å². The van der Waals surface area contributed by atoms with Crippen LogP contribution in [0.5, 0.6) is 0 Å². The Hall–Kier alpha value is -0.420. The standard InChI is InChI=1S/C12H23BrN4/c1-5-8-14-10(9(6-2)7-3)11-12(13)15-16-17(11)4/h9-10,14H,5-8H2,1-4H3. The van der Waals surface area contributed by atoms with Gasteiger partial charge in [-0.25, -0.2) is 4.68 Å². The van der Waals surface area contributed by atoms with Crippen molar-refractivity contribution in [2.75, 3.05) is 6.54 Å². The number of hydrogen-bond acceptors (Lipinski definition) is 3. The van der Waals surface area contributed by atoms with Crippen molar-refractivity contribution in [2.45, 2.75) is 46.1 Å². The van der Waals surface area contributed by atoms with Crippen molar-refractivity contribution in [3.8, 4) is 0 Å². The Labute approximate surface area is 112 Å². The van der Waals surface area contributed by atoms with Gasteiger partial charge in [-0.3, -0.25) is 0 Å². The van der Waals surface area contributed by atoms with Gasteiger partial charge in [-0.05, 0) is 34.8 Å². The first-order chi connectivity index (χ1) is 8.15. The minimum atomic E-state index is 0.333. The Morgan fingerprint density at radius 3 is 2.35 bits per heavy atom. The summed E-state index contributed by atoms with van der Waals surface area (Å²) < 4.78 is 2.73. The zero-order valence-electron chi connectivity index (χ0n) is 11.2. The van der Waals surface area contributed by atoms with Crippen LogP contribution in [-0.2, 0) is 7.05 Å². The largest absolute Gasteiger partial charge is 0.308 e. The van der Waals surface area contributed by atoms with E-state index in [1.807, 2.05) is 11.7 Å². The maximum atomic E-state index is 4.09. The summed E-state index contributed by atoms with van der Waals surface area (Å²) >= 11 is 3.50. The molecule has 0 saturated carbocycles. The number of halogens is 1. The molecule has 1 aromatic heterocycles. The highest BCUT2D eigenvalue weighted by molar-refractivity contribution is 9.10. The van der Waals surface area contributed by atoms with Gasteiger partial charge in [-0.2, -0.15) is 0 Å². The topological polar surface area (TPSA) is 42.7 Å². The second-order valence-corrected chi connectivity index (χ2v) is 5.15. The fraction of sp³-hybridized carbons (Fsp3) is 0.833. The lowest BCUT2D eigenvalue weighted by atomic mass is 9.92. The number of nitrogens with zero attached hydrogens (tertiary/aromatic N) is 3. The molecule has 0 bridgehead atoms. The summed E-state index contributed by atoms with van der Waals surface area (Å²) in [6.45, 7) is 7.70. The molecule has 1 atom stereocenters. The van der Waals surface area contributed by atoms with E-state index in [-0.39, 0.29) is 0 Å². The Morgan fingerprint density at radius 2 is 1.94 bits per heavy atom. The maximum Gasteiger partial charge on any atom is 0.153 e. The smallest absolute Gasteiger partial charge is 0.153 e. The monoisotopic (exact) mass is 302 g/mol. The molecule has 17 heavy (non-hydrogen) atoms. The highest BCUT2D eigenvalue weighted by Gasteiger charge is 2.25. The normalized spacial score (nSPS) is 13.3. The first-order valence-electron chi connectivity index (χ1n) is 6.44. The summed E-state index contributed by atoms with van der Waals surface area (Å²) in [6, 6.07) is 0.333. The van der Waals surface area contributed by atoms with Crippen LogP contribution in [0.1, 0.15) is 51.8 Å². The molecule has 1 aromatic rings. The molecule has 1 unspecified atom stereocenters. The van der Waals surface area contributed by atoms with Gasteiger partial charge in [0.1, 0.15) is 0 Å². The quantitative estimate of drug-likeness (QED) is 0.842. The van der Waals surface area contributed by atoms with Gasteiger partial charge in [0.15, 0.2) is 4.60 Å². The van der Waals surface area contributed by atoms with Crippen molar-refractivity contribution in [1.29, 1.82) is 0 Å². The van der Waals surface area contributed by atoms with Crippen LogP contribution in [0.4, 0.5) is 0 Å². The van der Waals surface area contributed by atoms with Crippen molar-refractivity contribution in [3.05, 3.63) is 10.3 Å². The van der Waals surface area contributed by atoms with Crippen LogP contribution in [0, 0.1) is 5.92 Å². The van der Waals surface area contributed by atoms with Gasteiger partial charge >= 0.3 is 0 Å². The van der Waals surface area contributed by atoms with Crippen molar-refractivity contribution < 1.29 is 0 Å². The molecule has 0 fully saturated rings. The Morgan fingerprint density at radius 1 is 1.29 bits per heavy atom. The lowest BCUT2D eigenvalue weighted by Crippen LogP contribution is -2.30. The van der Waals surface area contributed by atoms with Gasteiger partial charge in [0.2, 0.25) is 0 Å². The predicted molar refractivity (Wildman–Crippen MR) is 73.8 cm³/mol. The molecule has 1 heterocycles. The average molecular weight is 303 g/mol. The molecule has 0 spiro atoms. The van der Waals surface area contributed by atoms with Crippen molar-refractivity contribution in [2.24, 2.45) is 13.0 Å². The number of hydrogen-bond donors (Lipinski definition) is 1. The molecule has 0 radical (unpaired) electrons. The van der Waals surface area contributed by atoms with Crippen LogP contribution in [0.2, 0.25) is 0 Å². The third-order valence-corrected chi connectivity index (χ3v) is 3.82. The summed E-state index contributed by atoms with van der Waals surface area (Å²) in [4.78, 5) is 0. The van der Waals surface area contributed by atoms with Crippen LogP contribution in [-0.4, -0.2) is 21.5 Å². The molecule has 1 N–H and O–H groups in total. The van der Waals surface area contributed by atoms with Gasteiger partial charge in [0, 0.05) is 7.05 Å². The van der Waals surface area contributed by atoms with Crippen LogP contribution >= 0.6 is 15.9 Å². The number of aryl methyl sites for hydroxylation is 1. The Balaban J connectivity index is 2.96. The summed E-state index contributed by atoms with van der Waals surface area (Å²) in [5.74, 6) is 0.620. The first kappa shape index (κ1) is 14.6. The SMILES string of the molecule is CCCNC(c1c(Br)nnn1C)C(CC)CC. The molecule has 0 aliphatic rings. The second-order valence-electron chi connectivity index (χ2n) is 4.40. The lowest BCUT2D eigenvalue weighted by Gasteiger charge is -2.26. The van der Waals surface area contributed by atoms with E-state index < -0.39 is 0 Å². The third kappa shape index (κ3) is 3.52. The Kier molecular flexibility index (Phi) is 6.12. The highest BCUT2D eigenvalue weighted by Crippen LogP contribution is 2.30. The molecule has 1 rings (SSSR count). The van der Waals surface area contributed by atoms with E-state index in [0.29, 0.717) is 12.0 Å². The zero-order chi connectivity index (χ0) is 12.8. The van der Waals surface area contributed by atoms with Gasteiger partial charge in [-0.1, -0.05) is 38.8 Å². The molecule has 5 heteroatoms. The molecule has 0 amide bonds. The molecular weight excluding hydrogens is 280 g/mol. The van der Waals surface area contributed by atoms with Gasteiger partial charge in [-0.15, -0.1) is 5.10 Å². The van der Waals surface area contributed by atoms with E-state index in [9.17, 15) is 0 Å². The number of nitrogens with one attached hydrogen (secondary N) is 1. The summed E-state index contributed by atoms with van der Waals surface area (Å²) in [6.07, 6.45) is 3.46. The van der Waals surface area contributed by atoms with Crippen LogP contribution in [0.25, 0.3) is 0 Å². The molecule has 98 valence electrons. The Bertz CT molecular complexity index is 314. The zero-order valence-corrected chi connectivity index (χ0v) is 12.8. The minimum absolute atomic E-state index is 0.333. The van der Waals surface area contributed by atoms with E-state index >= 15 is 0 Å². The van der Waals surface area contributed by atoms with Gasteiger partial charge in [0.05, 0.1) is 11.7 Å². The van der Waals surface area contributed by atoms with Crippen LogP contribution in [0.15, 0.2) is 4.60 Å². The van der Waals surface area contributed by atoms with E-state index in [1.54, 1.807) is 0 Å². The summed E-state index contributed by atoms with van der Waals surface area (Å²) in [5.41, 5.74) is 1.16. The van der Waals surface area contributed by atoms with Gasteiger partial charge < -0.3 is 5.32 Å². The number of aromatic nitrogens is 3. The van der Waals surface area contributed by atoms with Crippen molar-refractivity contribution in [1.82, 2.24) is 20.3 Å². The van der Waals surface area contributed by atoms with E-state index in [1.165, 1.54) is 0 Å². The van der Waals surface area contributed by atoms with Crippen LogP contribution in [0.3, 0.4) is 0 Å². The first-order valence-corrected chi connectivity index (χ1v) is 7.23. The molecule has 0 aromatic carbocycles. The average Bonchev–Trinajstić information content (AvgIpc) is 2.65. The molecular formula is C12H23BrN4. The van der Waals surface area contributed by atoms with E-state index in [0.717, 1.165) is 36.1 Å². The third-order valence-electron chi connectivity index (χ3n) is 3.26. The van der Waals surface area contributed by atoms with Crippen molar-refractivity contribution in [3.63, 3.8) is 0 Å². The predicted octanol–water partition coefficient (Wildman–Crippen LogP) is 3.05. The molecule has 4 nitrogen and oxygen atoms in total.